The molecule has 0 bridgehead atoms. The summed E-state index contributed by atoms with van der Waals surface area (Å²) in [7, 11) is 3.11. The minimum absolute atomic E-state index is 0.108. The van der Waals surface area contributed by atoms with Gasteiger partial charge >= 0.3 is 0 Å². The van der Waals surface area contributed by atoms with Crippen molar-refractivity contribution in [1.29, 1.82) is 0 Å². The van der Waals surface area contributed by atoms with Gasteiger partial charge in [-0.1, -0.05) is 26.0 Å². The van der Waals surface area contributed by atoms with Crippen molar-refractivity contribution in [3.8, 4) is 11.5 Å². The third kappa shape index (κ3) is 4.38. The van der Waals surface area contributed by atoms with E-state index in [2.05, 4.69) is 31.3 Å². The largest absolute Gasteiger partial charge is 0.493 e. The number of hydrogen-bond acceptors (Lipinski definition) is 4. The smallest absolute Gasteiger partial charge is 0.187 e. The van der Waals surface area contributed by atoms with Crippen LogP contribution >= 0.6 is 0 Å². The van der Waals surface area contributed by atoms with Gasteiger partial charge in [-0.15, -0.1) is 0 Å². The topological polar surface area (TPSA) is 47.6 Å². The number of rotatable bonds is 7. The van der Waals surface area contributed by atoms with Crippen molar-refractivity contribution in [2.24, 2.45) is 0 Å². The summed E-state index contributed by atoms with van der Waals surface area (Å²) in [6.45, 7) is 4.30. The average Bonchev–Trinajstić information content (AvgIpc) is 2.61. The summed E-state index contributed by atoms with van der Waals surface area (Å²) >= 11 is 0. The van der Waals surface area contributed by atoms with Crippen LogP contribution in [0.1, 0.15) is 35.7 Å². The number of allylic oxidation sites excluding steroid dienone is 1. The number of carbonyl (C=O) groups is 1. The molecule has 4 heteroatoms. The Morgan fingerprint density at radius 3 is 2.46 bits per heavy atom. The highest BCUT2D eigenvalue weighted by Crippen LogP contribution is 2.27. The van der Waals surface area contributed by atoms with E-state index in [4.69, 9.17) is 9.47 Å². The van der Waals surface area contributed by atoms with Gasteiger partial charge in [0.2, 0.25) is 0 Å². The zero-order chi connectivity index (χ0) is 17.5. The summed E-state index contributed by atoms with van der Waals surface area (Å²) in [6, 6.07) is 13.3. The van der Waals surface area contributed by atoms with Gasteiger partial charge < -0.3 is 14.8 Å². The number of benzene rings is 2. The van der Waals surface area contributed by atoms with Crippen LogP contribution in [0.3, 0.4) is 0 Å². The van der Waals surface area contributed by atoms with Crippen LogP contribution < -0.4 is 14.8 Å². The molecule has 2 aromatic carbocycles. The Morgan fingerprint density at radius 1 is 1.04 bits per heavy atom. The Hall–Kier alpha value is -2.75. The molecule has 126 valence electrons. The third-order valence-electron chi connectivity index (χ3n) is 3.71. The summed E-state index contributed by atoms with van der Waals surface area (Å²) in [4.78, 5) is 12.3. The Kier molecular flexibility index (Phi) is 6.01. The van der Waals surface area contributed by atoms with Gasteiger partial charge in [0.1, 0.15) is 0 Å². The first-order valence-corrected chi connectivity index (χ1v) is 7.84. The number of anilines is 1. The maximum atomic E-state index is 12.3. The second kappa shape index (κ2) is 8.20. The standard InChI is InChI=1S/C20H23NO3/c1-14(2)15-6-5-7-17(12-15)21-11-10-18(22)16-8-9-19(23-3)20(13-16)24-4/h5-14,21H,1-4H3. The normalized spacial score (nSPS) is 10.9. The number of nitrogens with one attached hydrogen (secondary N) is 1. The van der Waals surface area contributed by atoms with E-state index in [-0.39, 0.29) is 5.78 Å². The Balaban J connectivity index is 2.06. The quantitative estimate of drug-likeness (QED) is 0.595. The van der Waals surface area contributed by atoms with Crippen molar-refractivity contribution in [1.82, 2.24) is 0 Å². The third-order valence-corrected chi connectivity index (χ3v) is 3.71. The van der Waals surface area contributed by atoms with Crippen LogP contribution in [0.15, 0.2) is 54.7 Å². The second-order valence-corrected chi connectivity index (χ2v) is 5.69. The first-order chi connectivity index (χ1) is 11.5. The molecule has 0 amide bonds. The summed E-state index contributed by atoms with van der Waals surface area (Å²) in [5.74, 6) is 1.49. The van der Waals surface area contributed by atoms with E-state index in [9.17, 15) is 4.79 Å². The molecule has 0 aliphatic carbocycles. The fourth-order valence-electron chi connectivity index (χ4n) is 2.29. The lowest BCUT2D eigenvalue weighted by Gasteiger charge is -2.08. The highest BCUT2D eigenvalue weighted by Gasteiger charge is 2.08. The first kappa shape index (κ1) is 17.6. The van der Waals surface area contributed by atoms with Gasteiger partial charge in [-0.2, -0.15) is 0 Å². The van der Waals surface area contributed by atoms with Crippen molar-refractivity contribution in [3.05, 3.63) is 65.9 Å². The summed E-state index contributed by atoms with van der Waals surface area (Å²) in [5.41, 5.74) is 2.75. The molecule has 4 nitrogen and oxygen atoms in total. The number of methoxy groups -OCH3 is 2. The molecule has 0 atom stereocenters. The fraction of sp³-hybridized carbons (Fsp3) is 0.250. The second-order valence-electron chi connectivity index (χ2n) is 5.69. The molecular weight excluding hydrogens is 302 g/mol. The van der Waals surface area contributed by atoms with E-state index >= 15 is 0 Å². The SMILES string of the molecule is COc1ccc(C(=O)C=CNc2cccc(C(C)C)c2)cc1OC. The predicted molar refractivity (Wildman–Crippen MR) is 97.2 cm³/mol. The van der Waals surface area contributed by atoms with Crippen molar-refractivity contribution in [2.45, 2.75) is 19.8 Å². The molecule has 24 heavy (non-hydrogen) atoms. The van der Waals surface area contributed by atoms with E-state index < -0.39 is 0 Å². The molecule has 0 saturated carbocycles. The van der Waals surface area contributed by atoms with Gasteiger partial charge in [0.05, 0.1) is 14.2 Å². The molecule has 1 N–H and O–H groups in total. The molecule has 0 fully saturated rings. The first-order valence-electron chi connectivity index (χ1n) is 7.84. The molecule has 0 aliphatic heterocycles. The lowest BCUT2D eigenvalue weighted by molar-refractivity contribution is 0.104. The van der Waals surface area contributed by atoms with E-state index in [0.717, 1.165) is 5.69 Å². The Morgan fingerprint density at radius 2 is 1.79 bits per heavy atom. The van der Waals surface area contributed by atoms with Crippen LogP contribution in [-0.4, -0.2) is 20.0 Å². The van der Waals surface area contributed by atoms with Gasteiger partial charge in [0.15, 0.2) is 17.3 Å². The molecule has 0 aliphatic rings. The van der Waals surface area contributed by atoms with Crippen LogP contribution in [0.5, 0.6) is 11.5 Å². The number of ether oxygens (including phenoxy) is 2. The van der Waals surface area contributed by atoms with Crippen LogP contribution in [0.25, 0.3) is 0 Å². The average molecular weight is 325 g/mol. The van der Waals surface area contributed by atoms with Gasteiger partial charge in [0.25, 0.3) is 0 Å². The fourth-order valence-corrected chi connectivity index (χ4v) is 2.29. The van der Waals surface area contributed by atoms with Crippen molar-refractivity contribution in [3.63, 3.8) is 0 Å². The highest BCUT2D eigenvalue weighted by atomic mass is 16.5. The number of hydrogen-bond donors (Lipinski definition) is 1. The molecule has 0 heterocycles. The van der Waals surface area contributed by atoms with Crippen LogP contribution in [0, 0.1) is 0 Å². The summed E-state index contributed by atoms with van der Waals surface area (Å²) in [6.07, 6.45) is 3.15. The number of ketones is 1. The lowest BCUT2D eigenvalue weighted by atomic mass is 10.0. The van der Waals surface area contributed by atoms with Gasteiger partial charge in [-0.25, -0.2) is 0 Å². The van der Waals surface area contributed by atoms with Crippen LogP contribution in [-0.2, 0) is 0 Å². The maximum absolute atomic E-state index is 12.3. The monoisotopic (exact) mass is 325 g/mol. The van der Waals surface area contributed by atoms with E-state index in [1.54, 1.807) is 38.6 Å². The Bertz CT molecular complexity index is 735. The molecule has 2 aromatic rings. The molecule has 0 unspecified atom stereocenters. The predicted octanol–water partition coefficient (Wildman–Crippen LogP) is 4.64. The summed E-state index contributed by atoms with van der Waals surface area (Å²) in [5, 5.41) is 3.13. The van der Waals surface area contributed by atoms with Gasteiger partial charge in [-0.05, 0) is 41.8 Å². The Labute approximate surface area is 143 Å². The number of carbonyl (C=O) groups excluding carboxylic acids is 1. The van der Waals surface area contributed by atoms with Crippen LogP contribution in [0.2, 0.25) is 0 Å². The molecule has 0 radical (unpaired) electrons. The molecular formula is C20H23NO3. The highest BCUT2D eigenvalue weighted by molar-refractivity contribution is 6.05. The van der Waals surface area contributed by atoms with E-state index in [1.165, 1.54) is 11.6 Å². The molecule has 2 rings (SSSR count). The van der Waals surface area contributed by atoms with Crippen molar-refractivity contribution >= 4 is 11.5 Å². The van der Waals surface area contributed by atoms with Gasteiger partial charge in [-0.3, -0.25) is 4.79 Å². The lowest BCUT2D eigenvalue weighted by Crippen LogP contribution is -1.99. The van der Waals surface area contributed by atoms with E-state index in [0.29, 0.717) is 23.0 Å². The van der Waals surface area contributed by atoms with Gasteiger partial charge in [0, 0.05) is 23.5 Å². The maximum Gasteiger partial charge on any atom is 0.187 e. The van der Waals surface area contributed by atoms with Crippen molar-refractivity contribution < 1.29 is 14.3 Å². The van der Waals surface area contributed by atoms with Crippen molar-refractivity contribution in [2.75, 3.05) is 19.5 Å². The minimum Gasteiger partial charge on any atom is -0.493 e. The zero-order valence-corrected chi connectivity index (χ0v) is 14.5. The minimum atomic E-state index is -0.108. The van der Waals surface area contributed by atoms with Crippen LogP contribution in [0.4, 0.5) is 5.69 Å². The molecule has 0 spiro atoms. The summed E-state index contributed by atoms with van der Waals surface area (Å²) < 4.78 is 10.4. The molecule has 0 saturated heterocycles. The zero-order valence-electron chi connectivity index (χ0n) is 14.5. The van der Waals surface area contributed by atoms with E-state index in [1.807, 2.05) is 12.1 Å². The molecule has 0 aromatic heterocycles.